The average molecular weight is 461 g/mol. The van der Waals surface area contributed by atoms with Crippen molar-refractivity contribution in [2.24, 2.45) is 0 Å². The standard InChI is InChI=1S/C24H20N4O4S/c1-31-21(29)15-27(16-22(30)32-2)24-23(26-20-14-25-12-13-28(20)24)19-11-10-18(33-19)9-8-17-6-4-3-5-7-17/h3-7,10-14H,15-16H2,1-2H3. The van der Waals surface area contributed by atoms with Crippen LogP contribution >= 0.6 is 11.3 Å². The van der Waals surface area contributed by atoms with Gasteiger partial charge in [0, 0.05) is 18.0 Å². The Morgan fingerprint density at radius 1 is 1.03 bits per heavy atom. The number of aromatic nitrogens is 3. The molecular weight excluding hydrogens is 440 g/mol. The zero-order chi connectivity index (χ0) is 23.2. The number of ether oxygens (including phenoxy) is 2. The quantitative estimate of drug-likeness (QED) is 0.323. The van der Waals surface area contributed by atoms with E-state index in [1.807, 2.05) is 42.5 Å². The van der Waals surface area contributed by atoms with Crippen molar-refractivity contribution in [3.63, 3.8) is 0 Å². The maximum absolute atomic E-state index is 12.1. The van der Waals surface area contributed by atoms with Gasteiger partial charge < -0.3 is 14.4 Å². The van der Waals surface area contributed by atoms with E-state index in [9.17, 15) is 9.59 Å². The van der Waals surface area contributed by atoms with E-state index in [0.717, 1.165) is 15.3 Å². The van der Waals surface area contributed by atoms with Crippen molar-refractivity contribution in [3.8, 4) is 22.4 Å². The van der Waals surface area contributed by atoms with Gasteiger partial charge in [-0.15, -0.1) is 11.3 Å². The van der Waals surface area contributed by atoms with Gasteiger partial charge in [-0.1, -0.05) is 30.0 Å². The lowest BCUT2D eigenvalue weighted by molar-refractivity contribution is -0.140. The molecule has 0 aliphatic carbocycles. The normalized spacial score (nSPS) is 10.4. The molecule has 0 spiro atoms. The summed E-state index contributed by atoms with van der Waals surface area (Å²) in [5, 5.41) is 0. The summed E-state index contributed by atoms with van der Waals surface area (Å²) >= 11 is 1.47. The second-order valence-electron chi connectivity index (χ2n) is 6.88. The molecule has 0 N–H and O–H groups in total. The lowest BCUT2D eigenvalue weighted by Gasteiger charge is -2.22. The van der Waals surface area contributed by atoms with E-state index < -0.39 is 11.9 Å². The molecule has 0 aliphatic rings. The van der Waals surface area contributed by atoms with Crippen molar-refractivity contribution < 1.29 is 19.1 Å². The number of fused-ring (bicyclic) bond motifs is 1. The molecule has 1 aromatic carbocycles. The predicted octanol–water partition coefficient (Wildman–Crippen LogP) is 3.01. The van der Waals surface area contributed by atoms with Crippen LogP contribution < -0.4 is 4.90 Å². The predicted molar refractivity (Wildman–Crippen MR) is 125 cm³/mol. The smallest absolute Gasteiger partial charge is 0.325 e. The fraction of sp³-hybridized carbons (Fsp3) is 0.167. The molecule has 0 saturated carbocycles. The van der Waals surface area contributed by atoms with Crippen molar-refractivity contribution in [3.05, 3.63) is 71.5 Å². The van der Waals surface area contributed by atoms with Gasteiger partial charge in [-0.3, -0.25) is 19.0 Å². The number of carbonyl (C=O) groups excluding carboxylic acids is 2. The van der Waals surface area contributed by atoms with E-state index in [4.69, 9.17) is 14.5 Å². The molecule has 3 aromatic heterocycles. The highest BCUT2D eigenvalue weighted by molar-refractivity contribution is 7.16. The van der Waals surface area contributed by atoms with Gasteiger partial charge in [0.15, 0.2) is 5.65 Å². The molecule has 4 aromatic rings. The summed E-state index contributed by atoms with van der Waals surface area (Å²) in [5.41, 5.74) is 2.11. The fourth-order valence-corrected chi connectivity index (χ4v) is 4.04. The molecule has 166 valence electrons. The molecule has 0 amide bonds. The Balaban J connectivity index is 1.78. The van der Waals surface area contributed by atoms with Gasteiger partial charge >= 0.3 is 11.9 Å². The van der Waals surface area contributed by atoms with E-state index in [1.165, 1.54) is 25.6 Å². The summed E-state index contributed by atoms with van der Waals surface area (Å²) in [6, 6.07) is 13.6. The first-order valence-electron chi connectivity index (χ1n) is 9.97. The number of methoxy groups -OCH3 is 2. The van der Waals surface area contributed by atoms with Crippen LogP contribution in [-0.4, -0.2) is 53.6 Å². The van der Waals surface area contributed by atoms with Crippen LogP contribution in [0.5, 0.6) is 0 Å². The lowest BCUT2D eigenvalue weighted by Crippen LogP contribution is -2.36. The van der Waals surface area contributed by atoms with Gasteiger partial charge in [0.05, 0.1) is 30.2 Å². The van der Waals surface area contributed by atoms with Crippen LogP contribution in [0.2, 0.25) is 0 Å². The van der Waals surface area contributed by atoms with Crippen LogP contribution in [0.25, 0.3) is 16.2 Å². The molecule has 3 heterocycles. The Labute approximate surface area is 194 Å². The number of anilines is 1. The fourth-order valence-electron chi connectivity index (χ4n) is 3.20. The maximum Gasteiger partial charge on any atom is 0.325 e. The number of thiophene rings is 1. The molecule has 0 aliphatic heterocycles. The van der Waals surface area contributed by atoms with Crippen LogP contribution in [0.15, 0.2) is 61.1 Å². The summed E-state index contributed by atoms with van der Waals surface area (Å²) in [7, 11) is 2.60. The number of imidazole rings is 1. The Hall–Kier alpha value is -4.16. The first-order chi connectivity index (χ1) is 16.1. The molecule has 8 nitrogen and oxygen atoms in total. The van der Waals surface area contributed by atoms with Gasteiger partial charge in [0.2, 0.25) is 0 Å². The molecule has 9 heteroatoms. The number of esters is 2. The van der Waals surface area contributed by atoms with E-state index in [1.54, 1.807) is 27.9 Å². The molecule has 0 fully saturated rings. The van der Waals surface area contributed by atoms with Crippen molar-refractivity contribution in [2.75, 3.05) is 32.2 Å². The number of carbonyl (C=O) groups is 2. The second kappa shape index (κ2) is 9.97. The summed E-state index contributed by atoms with van der Waals surface area (Å²) in [4.78, 5) is 36.4. The van der Waals surface area contributed by atoms with E-state index in [0.29, 0.717) is 17.2 Å². The number of hydrogen-bond acceptors (Lipinski definition) is 8. The third kappa shape index (κ3) is 5.02. The van der Waals surface area contributed by atoms with E-state index >= 15 is 0 Å². The second-order valence-corrected chi connectivity index (χ2v) is 7.96. The zero-order valence-corrected chi connectivity index (χ0v) is 18.8. The topological polar surface area (TPSA) is 86.0 Å². The van der Waals surface area contributed by atoms with E-state index in [-0.39, 0.29) is 13.1 Å². The zero-order valence-electron chi connectivity index (χ0n) is 18.0. The Kier molecular flexibility index (Phi) is 6.66. The third-order valence-electron chi connectivity index (χ3n) is 4.74. The molecular formula is C24H20N4O4S. The Morgan fingerprint density at radius 3 is 2.45 bits per heavy atom. The van der Waals surface area contributed by atoms with Crippen molar-refractivity contribution in [1.82, 2.24) is 14.4 Å². The SMILES string of the molecule is COC(=O)CN(CC(=O)OC)c1c(-c2ccc(C#Cc3ccccc3)s2)nc2cnccn12. The highest BCUT2D eigenvalue weighted by atomic mass is 32.1. The summed E-state index contributed by atoms with van der Waals surface area (Å²) in [5.74, 6) is 5.91. The van der Waals surface area contributed by atoms with Crippen LogP contribution in [-0.2, 0) is 19.1 Å². The Bertz CT molecular complexity index is 1330. The summed E-state index contributed by atoms with van der Waals surface area (Å²) < 4.78 is 11.5. The van der Waals surface area contributed by atoms with Crippen LogP contribution in [0, 0.1) is 11.8 Å². The molecule has 0 radical (unpaired) electrons. The highest BCUT2D eigenvalue weighted by Gasteiger charge is 2.25. The van der Waals surface area contributed by atoms with Crippen LogP contribution in [0.3, 0.4) is 0 Å². The van der Waals surface area contributed by atoms with Crippen molar-refractivity contribution in [1.29, 1.82) is 0 Å². The maximum atomic E-state index is 12.1. The third-order valence-corrected chi connectivity index (χ3v) is 5.75. The first kappa shape index (κ1) is 22.0. The largest absolute Gasteiger partial charge is 0.468 e. The number of hydrogen-bond donors (Lipinski definition) is 0. The lowest BCUT2D eigenvalue weighted by atomic mass is 10.2. The number of benzene rings is 1. The molecule has 0 unspecified atom stereocenters. The van der Waals surface area contributed by atoms with Gasteiger partial charge in [-0.25, -0.2) is 4.98 Å². The molecule has 0 saturated heterocycles. The van der Waals surface area contributed by atoms with Gasteiger partial charge in [0.1, 0.15) is 24.6 Å². The first-order valence-corrected chi connectivity index (χ1v) is 10.8. The number of nitrogens with zero attached hydrogens (tertiary/aromatic N) is 4. The highest BCUT2D eigenvalue weighted by Crippen LogP contribution is 2.35. The van der Waals surface area contributed by atoms with E-state index in [2.05, 4.69) is 16.8 Å². The van der Waals surface area contributed by atoms with Crippen molar-refractivity contribution in [2.45, 2.75) is 0 Å². The van der Waals surface area contributed by atoms with Gasteiger partial charge in [-0.05, 0) is 24.3 Å². The average Bonchev–Trinajstić information content (AvgIpc) is 3.47. The number of rotatable bonds is 6. The minimum Gasteiger partial charge on any atom is -0.468 e. The molecule has 0 atom stereocenters. The van der Waals surface area contributed by atoms with Crippen LogP contribution in [0.1, 0.15) is 10.4 Å². The van der Waals surface area contributed by atoms with Gasteiger partial charge in [0.25, 0.3) is 0 Å². The summed E-state index contributed by atoms with van der Waals surface area (Å²) in [6.45, 7) is -0.304. The minimum absolute atomic E-state index is 0.152. The van der Waals surface area contributed by atoms with Crippen LogP contribution in [0.4, 0.5) is 5.82 Å². The van der Waals surface area contributed by atoms with Crippen molar-refractivity contribution >= 4 is 34.7 Å². The Morgan fingerprint density at radius 2 is 1.76 bits per heavy atom. The molecule has 0 bridgehead atoms. The van der Waals surface area contributed by atoms with Gasteiger partial charge in [-0.2, -0.15) is 0 Å². The minimum atomic E-state index is -0.491. The molecule has 33 heavy (non-hydrogen) atoms. The molecule has 4 rings (SSSR count). The monoisotopic (exact) mass is 460 g/mol. The summed E-state index contributed by atoms with van der Waals surface area (Å²) in [6.07, 6.45) is 4.96.